The van der Waals surface area contributed by atoms with Crippen molar-refractivity contribution in [3.05, 3.63) is 0 Å². The number of carbonyl (C=O) groups is 2. The summed E-state index contributed by atoms with van der Waals surface area (Å²) in [5.41, 5.74) is -0.650. The Morgan fingerprint density at radius 1 is 1.28 bits per heavy atom. The fourth-order valence-electron chi connectivity index (χ4n) is 2.58. The van der Waals surface area contributed by atoms with Crippen LogP contribution in [-0.4, -0.2) is 49.1 Å². The average Bonchev–Trinajstić information content (AvgIpc) is 2.39. The molecule has 18 heavy (non-hydrogen) atoms. The first kappa shape index (κ1) is 15.0. The van der Waals surface area contributed by atoms with Crippen LogP contribution in [0.2, 0.25) is 0 Å². The normalized spacial score (nSPS) is 18.9. The van der Waals surface area contributed by atoms with Gasteiger partial charge in [-0.2, -0.15) is 0 Å². The van der Waals surface area contributed by atoms with Crippen LogP contribution in [0.5, 0.6) is 0 Å². The molecule has 0 bridgehead atoms. The minimum Gasteiger partial charge on any atom is -0.385 e. The van der Waals surface area contributed by atoms with Crippen molar-refractivity contribution >= 4 is 11.8 Å². The predicted octanol–water partition coefficient (Wildman–Crippen LogP) is 0.930. The molecule has 2 amide bonds. The molecule has 1 rings (SSSR count). The zero-order chi connectivity index (χ0) is 13.6. The van der Waals surface area contributed by atoms with E-state index in [0.717, 1.165) is 12.8 Å². The van der Waals surface area contributed by atoms with Gasteiger partial charge in [0.05, 0.1) is 6.54 Å². The van der Waals surface area contributed by atoms with Gasteiger partial charge < -0.3 is 15.0 Å². The van der Waals surface area contributed by atoms with Gasteiger partial charge in [-0.15, -0.1) is 0 Å². The Bertz CT molecular complexity index is 301. The third-order valence-corrected chi connectivity index (χ3v) is 3.79. The van der Waals surface area contributed by atoms with Crippen molar-refractivity contribution in [2.45, 2.75) is 45.1 Å². The van der Waals surface area contributed by atoms with E-state index < -0.39 is 5.54 Å². The summed E-state index contributed by atoms with van der Waals surface area (Å²) in [6.07, 6.45) is 3.09. The molecule has 0 aliphatic carbocycles. The van der Waals surface area contributed by atoms with Gasteiger partial charge in [0.2, 0.25) is 11.8 Å². The van der Waals surface area contributed by atoms with Gasteiger partial charge in [-0.25, -0.2) is 0 Å². The molecule has 5 nitrogen and oxygen atoms in total. The molecule has 0 aromatic carbocycles. The fourth-order valence-corrected chi connectivity index (χ4v) is 2.58. The molecule has 0 aromatic rings. The number of carbonyl (C=O) groups excluding carboxylic acids is 2. The molecular weight excluding hydrogens is 232 g/mol. The standard InChI is InChI=1S/C13H24N2O3/c1-4-13(5-2)12(17)14-10-11(16)15(13)8-6-7-9-18-3/h4-10H2,1-3H3,(H,14,17). The smallest absolute Gasteiger partial charge is 0.246 e. The quantitative estimate of drug-likeness (QED) is 0.689. The second kappa shape index (κ2) is 6.73. The Labute approximate surface area is 109 Å². The average molecular weight is 256 g/mol. The van der Waals surface area contributed by atoms with E-state index in [1.54, 1.807) is 12.0 Å². The van der Waals surface area contributed by atoms with Crippen LogP contribution >= 0.6 is 0 Å². The Kier molecular flexibility index (Phi) is 5.59. The highest BCUT2D eigenvalue weighted by Gasteiger charge is 2.46. The molecule has 1 saturated heterocycles. The highest BCUT2D eigenvalue weighted by atomic mass is 16.5. The van der Waals surface area contributed by atoms with E-state index in [1.165, 1.54) is 0 Å². The van der Waals surface area contributed by atoms with Crippen LogP contribution in [0.1, 0.15) is 39.5 Å². The van der Waals surface area contributed by atoms with E-state index in [0.29, 0.717) is 26.0 Å². The van der Waals surface area contributed by atoms with Gasteiger partial charge in [0.1, 0.15) is 5.54 Å². The van der Waals surface area contributed by atoms with Crippen molar-refractivity contribution in [2.24, 2.45) is 0 Å². The van der Waals surface area contributed by atoms with Gasteiger partial charge in [-0.05, 0) is 25.7 Å². The summed E-state index contributed by atoms with van der Waals surface area (Å²) in [6, 6.07) is 0. The number of piperazine rings is 1. The summed E-state index contributed by atoms with van der Waals surface area (Å²) >= 11 is 0. The Hall–Kier alpha value is -1.10. The molecule has 1 heterocycles. The highest BCUT2D eigenvalue weighted by Crippen LogP contribution is 2.27. The Morgan fingerprint density at radius 2 is 1.94 bits per heavy atom. The third kappa shape index (κ3) is 2.83. The number of hydrogen-bond acceptors (Lipinski definition) is 3. The van der Waals surface area contributed by atoms with Gasteiger partial charge in [-0.1, -0.05) is 13.8 Å². The summed E-state index contributed by atoms with van der Waals surface area (Å²) in [5, 5.41) is 2.70. The fraction of sp³-hybridized carbons (Fsp3) is 0.846. The van der Waals surface area contributed by atoms with E-state index in [9.17, 15) is 9.59 Å². The van der Waals surface area contributed by atoms with Crippen molar-refractivity contribution in [3.63, 3.8) is 0 Å². The number of hydrogen-bond donors (Lipinski definition) is 1. The van der Waals surface area contributed by atoms with E-state index in [4.69, 9.17) is 4.74 Å². The summed E-state index contributed by atoms with van der Waals surface area (Å²) in [6.45, 7) is 5.38. The van der Waals surface area contributed by atoms with E-state index in [2.05, 4.69) is 5.32 Å². The minimum absolute atomic E-state index is 0.0150. The molecule has 1 aliphatic heterocycles. The predicted molar refractivity (Wildman–Crippen MR) is 69.1 cm³/mol. The van der Waals surface area contributed by atoms with Crippen LogP contribution in [0.3, 0.4) is 0 Å². The third-order valence-electron chi connectivity index (χ3n) is 3.79. The first-order chi connectivity index (χ1) is 8.62. The number of amides is 2. The molecule has 5 heteroatoms. The molecule has 0 unspecified atom stereocenters. The van der Waals surface area contributed by atoms with Crippen molar-refractivity contribution in [2.75, 3.05) is 26.8 Å². The minimum atomic E-state index is -0.650. The van der Waals surface area contributed by atoms with Gasteiger partial charge in [-0.3, -0.25) is 9.59 Å². The first-order valence-electron chi connectivity index (χ1n) is 6.70. The number of rotatable bonds is 7. The molecule has 0 radical (unpaired) electrons. The maximum atomic E-state index is 12.1. The lowest BCUT2D eigenvalue weighted by atomic mass is 9.87. The Morgan fingerprint density at radius 3 is 2.50 bits per heavy atom. The lowest BCUT2D eigenvalue weighted by molar-refractivity contribution is -0.154. The molecular formula is C13H24N2O3. The zero-order valence-electron chi connectivity index (χ0n) is 11.6. The van der Waals surface area contributed by atoms with Crippen molar-refractivity contribution in [1.82, 2.24) is 10.2 Å². The van der Waals surface area contributed by atoms with E-state index in [-0.39, 0.29) is 18.4 Å². The van der Waals surface area contributed by atoms with Crippen LogP contribution in [0.4, 0.5) is 0 Å². The molecule has 0 spiro atoms. The zero-order valence-corrected chi connectivity index (χ0v) is 11.6. The number of nitrogens with zero attached hydrogens (tertiary/aromatic N) is 1. The molecule has 0 saturated carbocycles. The van der Waals surface area contributed by atoms with Crippen LogP contribution in [0.25, 0.3) is 0 Å². The van der Waals surface area contributed by atoms with Gasteiger partial charge >= 0.3 is 0 Å². The van der Waals surface area contributed by atoms with Crippen LogP contribution < -0.4 is 5.32 Å². The summed E-state index contributed by atoms with van der Waals surface area (Å²) in [5.74, 6) is 0.00885. The molecule has 1 N–H and O–H groups in total. The summed E-state index contributed by atoms with van der Waals surface area (Å²) in [4.78, 5) is 25.9. The number of ether oxygens (including phenoxy) is 1. The van der Waals surface area contributed by atoms with Gasteiger partial charge in [0.25, 0.3) is 0 Å². The first-order valence-corrected chi connectivity index (χ1v) is 6.70. The number of methoxy groups -OCH3 is 1. The molecule has 1 fully saturated rings. The second-order valence-corrected chi connectivity index (χ2v) is 4.67. The van der Waals surface area contributed by atoms with Gasteiger partial charge in [0.15, 0.2) is 0 Å². The van der Waals surface area contributed by atoms with Gasteiger partial charge in [0, 0.05) is 20.3 Å². The molecule has 0 atom stereocenters. The lowest BCUT2D eigenvalue weighted by Crippen LogP contribution is -2.66. The topological polar surface area (TPSA) is 58.6 Å². The molecule has 104 valence electrons. The maximum absolute atomic E-state index is 12.1. The lowest BCUT2D eigenvalue weighted by Gasteiger charge is -2.45. The van der Waals surface area contributed by atoms with Crippen molar-refractivity contribution in [3.8, 4) is 0 Å². The molecule has 1 aliphatic rings. The van der Waals surface area contributed by atoms with E-state index in [1.807, 2.05) is 13.8 Å². The van der Waals surface area contributed by atoms with Crippen LogP contribution in [0.15, 0.2) is 0 Å². The number of nitrogens with one attached hydrogen (secondary N) is 1. The summed E-state index contributed by atoms with van der Waals surface area (Å²) < 4.78 is 5.00. The van der Waals surface area contributed by atoms with Crippen LogP contribution in [0, 0.1) is 0 Å². The van der Waals surface area contributed by atoms with E-state index >= 15 is 0 Å². The maximum Gasteiger partial charge on any atom is 0.246 e. The molecule has 0 aromatic heterocycles. The second-order valence-electron chi connectivity index (χ2n) is 4.67. The van der Waals surface area contributed by atoms with Crippen molar-refractivity contribution in [1.29, 1.82) is 0 Å². The highest BCUT2D eigenvalue weighted by molar-refractivity contribution is 5.97. The summed E-state index contributed by atoms with van der Waals surface area (Å²) in [7, 11) is 1.67. The largest absolute Gasteiger partial charge is 0.385 e. The number of unbranched alkanes of at least 4 members (excludes halogenated alkanes) is 1. The Balaban J connectivity index is 2.73. The van der Waals surface area contributed by atoms with Crippen molar-refractivity contribution < 1.29 is 14.3 Å². The van der Waals surface area contributed by atoms with Crippen LogP contribution in [-0.2, 0) is 14.3 Å². The SMILES string of the molecule is CCC1(CC)C(=O)NCC(=O)N1CCCCOC. The monoisotopic (exact) mass is 256 g/mol.